The van der Waals surface area contributed by atoms with E-state index < -0.39 is 0 Å². The summed E-state index contributed by atoms with van der Waals surface area (Å²) >= 11 is 0. The summed E-state index contributed by atoms with van der Waals surface area (Å²) in [5, 5.41) is 2.97. The van der Waals surface area contributed by atoms with Gasteiger partial charge >= 0.3 is 0 Å². The van der Waals surface area contributed by atoms with E-state index in [-0.39, 0.29) is 5.91 Å². The Morgan fingerprint density at radius 1 is 1.12 bits per heavy atom. The Labute approximate surface area is 155 Å². The molecule has 2 aromatic rings. The summed E-state index contributed by atoms with van der Waals surface area (Å²) in [5.41, 5.74) is 3.60. The molecule has 1 aromatic carbocycles. The number of likely N-dealkylation sites (tertiary alicyclic amines) is 1. The van der Waals surface area contributed by atoms with E-state index in [1.165, 1.54) is 18.2 Å². The lowest BCUT2D eigenvalue weighted by molar-refractivity contribution is 0.0945. The van der Waals surface area contributed by atoms with Gasteiger partial charge in [-0.05, 0) is 36.3 Å². The van der Waals surface area contributed by atoms with Crippen LogP contribution in [0, 0.1) is 18.8 Å². The van der Waals surface area contributed by atoms with E-state index >= 15 is 0 Å². The summed E-state index contributed by atoms with van der Waals surface area (Å²) in [4.78, 5) is 23.1. The van der Waals surface area contributed by atoms with Gasteiger partial charge in [0.2, 0.25) is 0 Å². The predicted octanol–water partition coefficient (Wildman–Crippen LogP) is 3.19. The van der Waals surface area contributed by atoms with E-state index in [1.54, 1.807) is 6.20 Å². The van der Waals surface area contributed by atoms with Crippen molar-refractivity contribution in [3.63, 3.8) is 0 Å². The van der Waals surface area contributed by atoms with Crippen LogP contribution in [0.1, 0.15) is 47.6 Å². The number of nitrogens with one attached hydrogen (secondary N) is 1. The average molecular weight is 352 g/mol. The summed E-state index contributed by atoms with van der Waals surface area (Å²) in [7, 11) is 0. The molecule has 1 fully saturated rings. The summed E-state index contributed by atoms with van der Waals surface area (Å²) in [5.74, 6) is 1.30. The first-order valence-electron chi connectivity index (χ1n) is 9.37. The molecule has 5 nitrogen and oxygen atoms in total. The van der Waals surface area contributed by atoms with Gasteiger partial charge < -0.3 is 5.32 Å². The largest absolute Gasteiger partial charge is 0.347 e. The molecule has 1 amide bonds. The molecule has 0 radical (unpaired) electrons. The highest BCUT2D eigenvalue weighted by atomic mass is 16.1. The van der Waals surface area contributed by atoms with Crippen LogP contribution >= 0.6 is 0 Å². The van der Waals surface area contributed by atoms with Crippen LogP contribution in [0.15, 0.2) is 36.7 Å². The van der Waals surface area contributed by atoms with Gasteiger partial charge in [0.25, 0.3) is 5.91 Å². The van der Waals surface area contributed by atoms with Crippen molar-refractivity contribution < 1.29 is 4.79 Å². The molecule has 1 aromatic heterocycles. The average Bonchev–Trinajstić information content (AvgIpc) is 2.60. The molecule has 1 N–H and O–H groups in total. The second kappa shape index (κ2) is 8.41. The summed E-state index contributed by atoms with van der Waals surface area (Å²) < 4.78 is 0. The van der Waals surface area contributed by atoms with E-state index in [4.69, 9.17) is 0 Å². The maximum atomic E-state index is 12.3. The van der Waals surface area contributed by atoms with Gasteiger partial charge in [-0.25, -0.2) is 4.98 Å². The highest BCUT2D eigenvalue weighted by Gasteiger charge is 2.22. The van der Waals surface area contributed by atoms with Gasteiger partial charge in [0.1, 0.15) is 5.69 Å². The number of aryl methyl sites for hydroxylation is 1. The van der Waals surface area contributed by atoms with E-state index in [0.717, 1.165) is 42.7 Å². The maximum Gasteiger partial charge on any atom is 0.271 e. The Balaban J connectivity index is 1.63. The van der Waals surface area contributed by atoms with Crippen molar-refractivity contribution in [1.82, 2.24) is 20.2 Å². The van der Waals surface area contributed by atoms with Crippen molar-refractivity contribution in [1.29, 1.82) is 0 Å². The lowest BCUT2D eigenvalue weighted by Gasteiger charge is -2.35. The fraction of sp³-hybridized carbons (Fsp3) is 0.476. The molecule has 138 valence electrons. The third-order valence-corrected chi connectivity index (χ3v) is 4.91. The van der Waals surface area contributed by atoms with Gasteiger partial charge in [0, 0.05) is 32.4 Å². The molecule has 2 atom stereocenters. The summed E-state index contributed by atoms with van der Waals surface area (Å²) in [6, 6.07) is 8.35. The van der Waals surface area contributed by atoms with Crippen LogP contribution < -0.4 is 5.32 Å². The third kappa shape index (κ3) is 4.88. The van der Waals surface area contributed by atoms with Crippen molar-refractivity contribution in [2.75, 3.05) is 13.1 Å². The van der Waals surface area contributed by atoms with Crippen molar-refractivity contribution >= 4 is 5.91 Å². The minimum absolute atomic E-state index is 0.187. The number of amides is 1. The molecule has 0 bridgehead atoms. The quantitative estimate of drug-likeness (QED) is 0.898. The Kier molecular flexibility index (Phi) is 5.99. The Morgan fingerprint density at radius 2 is 1.81 bits per heavy atom. The van der Waals surface area contributed by atoms with Gasteiger partial charge in [-0.1, -0.05) is 38.1 Å². The van der Waals surface area contributed by atoms with Crippen LogP contribution in [0.25, 0.3) is 0 Å². The molecule has 3 rings (SSSR count). The van der Waals surface area contributed by atoms with Gasteiger partial charge in [-0.3, -0.25) is 14.7 Å². The van der Waals surface area contributed by atoms with Gasteiger partial charge in [0.05, 0.1) is 11.9 Å². The van der Waals surface area contributed by atoms with Crippen molar-refractivity contribution in [3.05, 3.63) is 59.2 Å². The zero-order valence-corrected chi connectivity index (χ0v) is 15.9. The SMILES string of the molecule is Cc1cnc(C(=O)NCc2ccccc2CN2C[C@H](C)C[C@H](C)C2)cn1. The molecule has 5 heteroatoms. The number of carbonyl (C=O) groups is 1. The third-order valence-electron chi connectivity index (χ3n) is 4.91. The number of hydrogen-bond donors (Lipinski definition) is 1. The Morgan fingerprint density at radius 3 is 2.46 bits per heavy atom. The number of aromatic nitrogens is 2. The van der Waals surface area contributed by atoms with E-state index in [0.29, 0.717) is 12.2 Å². The van der Waals surface area contributed by atoms with Crippen LogP contribution in [-0.4, -0.2) is 33.9 Å². The molecule has 1 aliphatic heterocycles. The summed E-state index contributed by atoms with van der Waals surface area (Å²) in [6.45, 7) is 10.2. The van der Waals surface area contributed by atoms with Crippen LogP contribution in [0.2, 0.25) is 0 Å². The number of hydrogen-bond acceptors (Lipinski definition) is 4. The van der Waals surface area contributed by atoms with Crippen molar-refractivity contribution in [3.8, 4) is 0 Å². The number of carbonyl (C=O) groups excluding carboxylic acids is 1. The topological polar surface area (TPSA) is 58.1 Å². The van der Waals surface area contributed by atoms with Gasteiger partial charge in [-0.15, -0.1) is 0 Å². The molecular formula is C21H28N4O. The molecule has 0 spiro atoms. The lowest BCUT2D eigenvalue weighted by Crippen LogP contribution is -2.38. The number of piperidine rings is 1. The zero-order valence-electron chi connectivity index (χ0n) is 15.9. The van der Waals surface area contributed by atoms with Crippen LogP contribution in [0.3, 0.4) is 0 Å². The van der Waals surface area contributed by atoms with Gasteiger partial charge in [-0.2, -0.15) is 0 Å². The van der Waals surface area contributed by atoms with E-state index in [2.05, 4.69) is 52.2 Å². The van der Waals surface area contributed by atoms with Gasteiger partial charge in [0.15, 0.2) is 0 Å². The first kappa shape index (κ1) is 18.5. The highest BCUT2D eigenvalue weighted by Crippen LogP contribution is 2.23. The fourth-order valence-corrected chi connectivity index (χ4v) is 3.82. The van der Waals surface area contributed by atoms with E-state index in [1.807, 2.05) is 13.0 Å². The molecule has 1 saturated heterocycles. The van der Waals surface area contributed by atoms with Crippen LogP contribution in [-0.2, 0) is 13.1 Å². The number of benzene rings is 1. The van der Waals surface area contributed by atoms with E-state index in [9.17, 15) is 4.79 Å². The molecule has 0 aliphatic carbocycles. The standard InChI is InChI=1S/C21H28N4O/c1-15-8-16(2)13-25(12-15)14-19-7-5-4-6-18(19)10-24-21(26)20-11-22-17(3)9-23-20/h4-7,9,11,15-16H,8,10,12-14H2,1-3H3,(H,24,26)/t15-,16+. The van der Waals surface area contributed by atoms with Crippen molar-refractivity contribution in [2.24, 2.45) is 11.8 Å². The molecule has 26 heavy (non-hydrogen) atoms. The molecule has 2 heterocycles. The molecule has 0 unspecified atom stereocenters. The first-order chi connectivity index (χ1) is 12.5. The molecule has 1 aliphatic rings. The molecule has 0 saturated carbocycles. The lowest BCUT2D eigenvalue weighted by atomic mass is 9.91. The maximum absolute atomic E-state index is 12.3. The zero-order chi connectivity index (χ0) is 18.5. The molecular weight excluding hydrogens is 324 g/mol. The van der Waals surface area contributed by atoms with Crippen LogP contribution in [0.5, 0.6) is 0 Å². The second-order valence-corrected chi connectivity index (χ2v) is 7.63. The summed E-state index contributed by atoms with van der Waals surface area (Å²) in [6.07, 6.45) is 4.44. The second-order valence-electron chi connectivity index (χ2n) is 7.63. The minimum atomic E-state index is -0.187. The first-order valence-corrected chi connectivity index (χ1v) is 9.37. The normalized spacial score (nSPS) is 20.7. The highest BCUT2D eigenvalue weighted by molar-refractivity contribution is 5.91. The monoisotopic (exact) mass is 352 g/mol. The Bertz CT molecular complexity index is 734. The predicted molar refractivity (Wildman–Crippen MR) is 103 cm³/mol. The Hall–Kier alpha value is -2.27. The fourth-order valence-electron chi connectivity index (χ4n) is 3.82. The minimum Gasteiger partial charge on any atom is -0.347 e. The smallest absolute Gasteiger partial charge is 0.271 e. The van der Waals surface area contributed by atoms with Crippen LogP contribution in [0.4, 0.5) is 0 Å². The van der Waals surface area contributed by atoms with Crippen molar-refractivity contribution in [2.45, 2.75) is 40.3 Å². The number of nitrogens with zero attached hydrogens (tertiary/aromatic N) is 3. The number of rotatable bonds is 5.